The zero-order chi connectivity index (χ0) is 21.8. The number of esters is 2. The van der Waals surface area contributed by atoms with Gasteiger partial charge in [0.1, 0.15) is 5.60 Å². The zero-order valence-corrected chi connectivity index (χ0v) is 16.4. The molecule has 0 spiro atoms. The fourth-order valence-corrected chi connectivity index (χ4v) is 6.19. The first-order valence-electron chi connectivity index (χ1n) is 9.36. The first kappa shape index (κ1) is 22.3. The lowest BCUT2D eigenvalue weighted by Gasteiger charge is -2.60. The van der Waals surface area contributed by atoms with E-state index in [0.29, 0.717) is 18.3 Å². The highest BCUT2D eigenvalue weighted by Crippen LogP contribution is 2.60. The third kappa shape index (κ3) is 3.51. The minimum absolute atomic E-state index is 0.0941. The number of carbonyl (C=O) groups excluding carboxylic acids is 2. The third-order valence-electron chi connectivity index (χ3n) is 6.68. The first-order valence-corrected chi connectivity index (χ1v) is 10.8. The number of carbonyl (C=O) groups is 2. The molecule has 4 fully saturated rings. The Balaban J connectivity index is 1.69. The van der Waals surface area contributed by atoms with Crippen LogP contribution in [0.1, 0.15) is 45.4 Å². The van der Waals surface area contributed by atoms with E-state index in [1.807, 2.05) is 6.92 Å². The Hall–Kier alpha value is -1.43. The number of hydrogen-bond donors (Lipinski definition) is 1. The van der Waals surface area contributed by atoms with Gasteiger partial charge in [0.25, 0.3) is 0 Å². The summed E-state index contributed by atoms with van der Waals surface area (Å²) in [7, 11) is -6.55. The van der Waals surface area contributed by atoms with Crippen LogP contribution in [-0.2, 0) is 29.2 Å². The van der Waals surface area contributed by atoms with Crippen LogP contribution in [0.25, 0.3) is 0 Å². The molecular formula is C17H22F4O7S. The molecule has 0 radical (unpaired) electrons. The summed E-state index contributed by atoms with van der Waals surface area (Å²) in [5.41, 5.74) is -0.823. The Morgan fingerprint density at radius 2 is 1.52 bits per heavy atom. The van der Waals surface area contributed by atoms with Gasteiger partial charge in [-0.1, -0.05) is 6.92 Å². The molecule has 0 aliphatic heterocycles. The lowest BCUT2D eigenvalue weighted by Crippen LogP contribution is -2.59. The third-order valence-corrected chi connectivity index (χ3v) is 7.79. The smallest absolute Gasteiger partial charge is 0.451 e. The van der Waals surface area contributed by atoms with Gasteiger partial charge in [-0.3, -0.25) is 4.55 Å². The Bertz CT molecular complexity index is 766. The molecule has 4 aliphatic carbocycles. The monoisotopic (exact) mass is 446 g/mol. The van der Waals surface area contributed by atoms with Crippen molar-refractivity contribution in [2.24, 2.45) is 23.7 Å². The Kier molecular flexibility index (Phi) is 5.43. The fourth-order valence-electron chi connectivity index (χ4n) is 5.62. The maximum atomic E-state index is 13.9. The molecule has 0 saturated heterocycles. The van der Waals surface area contributed by atoms with Crippen LogP contribution in [-0.4, -0.2) is 48.3 Å². The average molecular weight is 446 g/mol. The molecule has 1 atom stereocenters. The van der Waals surface area contributed by atoms with Gasteiger partial charge in [-0.05, 0) is 62.2 Å². The summed E-state index contributed by atoms with van der Waals surface area (Å²) in [5, 5.41) is -5.69. The molecule has 0 aromatic heterocycles. The molecule has 4 saturated carbocycles. The standard InChI is InChI=1S/C17H22F4O7S/c1-2-15(11-4-9-3-10(6-11)7-12(15)5-9)28-13(22)8-27-14(23)16(18,17(19,20)21)29(24,25)26/h9-12H,2-8H2,1H3,(H,24,25,26). The summed E-state index contributed by atoms with van der Waals surface area (Å²) < 4.78 is 91.8. The highest BCUT2D eigenvalue weighted by molar-refractivity contribution is 7.88. The van der Waals surface area contributed by atoms with Crippen LogP contribution in [0, 0.1) is 23.7 Å². The van der Waals surface area contributed by atoms with E-state index < -0.39 is 45.4 Å². The van der Waals surface area contributed by atoms with E-state index in [-0.39, 0.29) is 11.8 Å². The molecule has 166 valence electrons. The largest absolute Gasteiger partial charge is 0.456 e. The number of halogens is 4. The van der Waals surface area contributed by atoms with Crippen LogP contribution >= 0.6 is 0 Å². The van der Waals surface area contributed by atoms with E-state index in [1.54, 1.807) is 0 Å². The molecule has 12 heteroatoms. The topological polar surface area (TPSA) is 107 Å². The molecule has 1 unspecified atom stereocenters. The lowest BCUT2D eigenvalue weighted by molar-refractivity contribution is -0.224. The van der Waals surface area contributed by atoms with Gasteiger partial charge in [0, 0.05) is 0 Å². The van der Waals surface area contributed by atoms with E-state index >= 15 is 0 Å². The summed E-state index contributed by atoms with van der Waals surface area (Å²) in [6.07, 6.45) is -1.19. The van der Waals surface area contributed by atoms with Crippen molar-refractivity contribution in [1.29, 1.82) is 0 Å². The molecule has 0 amide bonds. The minimum atomic E-state index is -6.55. The van der Waals surface area contributed by atoms with E-state index in [4.69, 9.17) is 9.29 Å². The van der Waals surface area contributed by atoms with Gasteiger partial charge >= 0.3 is 33.2 Å². The molecule has 0 aromatic carbocycles. The summed E-state index contributed by atoms with van der Waals surface area (Å²) in [5.74, 6) is -2.83. The van der Waals surface area contributed by atoms with Crippen molar-refractivity contribution < 1.29 is 49.6 Å². The summed E-state index contributed by atoms with van der Waals surface area (Å²) in [6.45, 7) is 0.431. The Morgan fingerprint density at radius 3 is 1.90 bits per heavy atom. The lowest BCUT2D eigenvalue weighted by atomic mass is 9.49. The summed E-state index contributed by atoms with van der Waals surface area (Å²) >= 11 is 0. The summed E-state index contributed by atoms with van der Waals surface area (Å²) in [6, 6.07) is 0. The van der Waals surface area contributed by atoms with Crippen LogP contribution in [0.2, 0.25) is 0 Å². The molecule has 0 aromatic rings. The maximum Gasteiger partial charge on any atom is 0.451 e. The summed E-state index contributed by atoms with van der Waals surface area (Å²) in [4.78, 5) is 23.7. The predicted molar refractivity (Wildman–Crippen MR) is 88.6 cm³/mol. The SMILES string of the molecule is CCC1(OC(=O)COC(=O)C(F)(C(F)(F)F)S(=O)(=O)O)C2CC3CC(C2)CC1C3. The van der Waals surface area contributed by atoms with Crippen LogP contribution in [0.5, 0.6) is 0 Å². The molecule has 4 bridgehead atoms. The second-order valence-electron chi connectivity index (χ2n) is 8.23. The van der Waals surface area contributed by atoms with Crippen molar-refractivity contribution in [2.75, 3.05) is 6.61 Å². The van der Waals surface area contributed by atoms with Crippen molar-refractivity contribution in [3.63, 3.8) is 0 Å². The number of rotatable bonds is 6. The van der Waals surface area contributed by atoms with Crippen LogP contribution in [0.4, 0.5) is 17.6 Å². The predicted octanol–water partition coefficient (Wildman–Crippen LogP) is 2.79. The van der Waals surface area contributed by atoms with Crippen molar-refractivity contribution >= 4 is 22.1 Å². The molecule has 4 aliphatic rings. The molecule has 1 N–H and O–H groups in total. The molecule has 0 heterocycles. The van der Waals surface area contributed by atoms with Gasteiger partial charge in [0.15, 0.2) is 6.61 Å². The quantitative estimate of drug-likeness (QED) is 0.380. The highest BCUT2D eigenvalue weighted by Gasteiger charge is 2.73. The van der Waals surface area contributed by atoms with Gasteiger partial charge in [0.05, 0.1) is 0 Å². The number of hydrogen-bond acceptors (Lipinski definition) is 6. The van der Waals surface area contributed by atoms with Gasteiger partial charge in [-0.2, -0.15) is 21.6 Å². The van der Waals surface area contributed by atoms with Gasteiger partial charge in [-0.25, -0.2) is 14.0 Å². The van der Waals surface area contributed by atoms with Gasteiger partial charge in [-0.15, -0.1) is 0 Å². The van der Waals surface area contributed by atoms with E-state index in [1.165, 1.54) is 0 Å². The number of alkyl halides is 4. The van der Waals surface area contributed by atoms with Crippen molar-refractivity contribution in [2.45, 2.75) is 62.2 Å². The number of ether oxygens (including phenoxy) is 2. The maximum absolute atomic E-state index is 13.9. The van der Waals surface area contributed by atoms with Crippen molar-refractivity contribution in [3.05, 3.63) is 0 Å². The van der Waals surface area contributed by atoms with E-state index in [0.717, 1.165) is 32.1 Å². The minimum Gasteiger partial charge on any atom is -0.456 e. The van der Waals surface area contributed by atoms with Gasteiger partial charge in [0.2, 0.25) is 0 Å². The van der Waals surface area contributed by atoms with Gasteiger partial charge < -0.3 is 9.47 Å². The van der Waals surface area contributed by atoms with Crippen molar-refractivity contribution in [1.82, 2.24) is 0 Å². The molecular weight excluding hydrogens is 424 g/mol. The van der Waals surface area contributed by atoms with Crippen molar-refractivity contribution in [3.8, 4) is 0 Å². The molecule has 29 heavy (non-hydrogen) atoms. The second-order valence-corrected chi connectivity index (χ2v) is 9.74. The van der Waals surface area contributed by atoms with E-state index in [2.05, 4.69) is 4.74 Å². The van der Waals surface area contributed by atoms with E-state index in [9.17, 15) is 35.6 Å². The van der Waals surface area contributed by atoms with Crippen LogP contribution < -0.4 is 0 Å². The normalized spacial score (nSPS) is 35.8. The molecule has 4 rings (SSSR count). The molecule has 7 nitrogen and oxygen atoms in total. The average Bonchev–Trinajstić information content (AvgIpc) is 2.59. The highest BCUT2D eigenvalue weighted by atomic mass is 32.2. The Morgan fingerprint density at radius 1 is 1.03 bits per heavy atom. The van der Waals surface area contributed by atoms with Crippen LogP contribution in [0.15, 0.2) is 0 Å². The second kappa shape index (κ2) is 7.07. The first-order chi connectivity index (χ1) is 13.2. The zero-order valence-electron chi connectivity index (χ0n) is 15.6. The Labute approximate surface area is 164 Å². The fraction of sp³-hybridized carbons (Fsp3) is 0.882. The van der Waals surface area contributed by atoms with Crippen LogP contribution in [0.3, 0.4) is 0 Å².